The molecule has 1 atom stereocenters. The number of benzene rings is 2. The van der Waals surface area contributed by atoms with Gasteiger partial charge in [-0.05, 0) is 25.0 Å². The molecule has 0 fully saturated rings. The van der Waals surface area contributed by atoms with Crippen LogP contribution in [-0.4, -0.2) is 22.3 Å². The number of nitrogens with zero attached hydrogens (tertiary/aromatic N) is 3. The molecule has 0 amide bonds. The third kappa shape index (κ3) is 5.28. The van der Waals surface area contributed by atoms with Crippen molar-refractivity contribution in [2.24, 2.45) is 0 Å². The standard InChI is InChI=1S/C24H23FN4O4S2/c1-3-4-5-6-7-10-17-11-8-9-12-18(17)16(2)29-20-13-19(25)22(14-21(20)33-24(29)30)35(31,32)28-23-26-15-27-34-23/h8-9,11-16H,3-6H2,1-2H3,(H,26,27,28). The van der Waals surface area contributed by atoms with Crippen LogP contribution in [0.1, 0.15) is 56.7 Å². The van der Waals surface area contributed by atoms with Crippen molar-refractivity contribution in [3.8, 4) is 11.8 Å². The largest absolute Gasteiger partial charge is 0.420 e. The van der Waals surface area contributed by atoms with Crippen LogP contribution >= 0.6 is 11.5 Å². The Morgan fingerprint density at radius 1 is 1.26 bits per heavy atom. The lowest BCUT2D eigenvalue weighted by Gasteiger charge is -2.15. The van der Waals surface area contributed by atoms with Crippen LogP contribution in [0.4, 0.5) is 9.52 Å². The van der Waals surface area contributed by atoms with Crippen LogP contribution in [0, 0.1) is 17.7 Å². The molecule has 2 aromatic heterocycles. The third-order valence-electron chi connectivity index (χ3n) is 5.47. The Morgan fingerprint density at radius 3 is 2.80 bits per heavy atom. The van der Waals surface area contributed by atoms with Gasteiger partial charge in [-0.15, -0.1) is 0 Å². The Kier molecular flexibility index (Phi) is 7.33. The predicted molar refractivity (Wildman–Crippen MR) is 132 cm³/mol. The number of halogens is 1. The highest BCUT2D eigenvalue weighted by Gasteiger charge is 2.26. The van der Waals surface area contributed by atoms with Gasteiger partial charge in [-0.1, -0.05) is 49.8 Å². The highest BCUT2D eigenvalue weighted by atomic mass is 32.2. The molecule has 35 heavy (non-hydrogen) atoms. The molecule has 4 aromatic rings. The van der Waals surface area contributed by atoms with Crippen LogP contribution in [0.5, 0.6) is 0 Å². The van der Waals surface area contributed by atoms with Crippen LogP contribution in [0.25, 0.3) is 11.1 Å². The van der Waals surface area contributed by atoms with Gasteiger partial charge in [-0.2, -0.15) is 4.37 Å². The van der Waals surface area contributed by atoms with E-state index in [2.05, 4.69) is 32.8 Å². The summed E-state index contributed by atoms with van der Waals surface area (Å²) in [7, 11) is -4.31. The fourth-order valence-corrected chi connectivity index (χ4v) is 5.47. The van der Waals surface area contributed by atoms with Gasteiger partial charge in [0.05, 0.1) is 11.6 Å². The molecule has 8 nitrogen and oxygen atoms in total. The molecule has 0 aliphatic rings. The summed E-state index contributed by atoms with van der Waals surface area (Å²) in [4.78, 5) is 15.9. The summed E-state index contributed by atoms with van der Waals surface area (Å²) in [5.74, 6) is 4.59. The van der Waals surface area contributed by atoms with Crippen molar-refractivity contribution in [1.29, 1.82) is 0 Å². The van der Waals surface area contributed by atoms with E-state index in [0.29, 0.717) is 0 Å². The summed E-state index contributed by atoms with van der Waals surface area (Å²) < 4.78 is 52.8. The molecule has 2 aromatic carbocycles. The molecule has 0 spiro atoms. The van der Waals surface area contributed by atoms with Crippen molar-refractivity contribution in [3.63, 3.8) is 0 Å². The minimum Gasteiger partial charge on any atom is -0.408 e. The van der Waals surface area contributed by atoms with Gasteiger partial charge in [0.15, 0.2) is 5.58 Å². The van der Waals surface area contributed by atoms with Gasteiger partial charge in [-0.3, -0.25) is 9.29 Å². The van der Waals surface area contributed by atoms with E-state index < -0.39 is 32.5 Å². The third-order valence-corrected chi connectivity index (χ3v) is 7.53. The summed E-state index contributed by atoms with van der Waals surface area (Å²) >= 11 is 0.810. The number of nitrogens with one attached hydrogen (secondary N) is 1. The average Bonchev–Trinajstić information content (AvgIpc) is 3.44. The Balaban J connectivity index is 1.72. The zero-order chi connectivity index (χ0) is 25.0. The smallest absolute Gasteiger partial charge is 0.408 e. The number of sulfonamides is 1. The predicted octanol–water partition coefficient (Wildman–Crippen LogP) is 4.93. The fourth-order valence-electron chi connectivity index (χ4n) is 3.73. The van der Waals surface area contributed by atoms with Crippen LogP contribution in [0.3, 0.4) is 0 Å². The van der Waals surface area contributed by atoms with Gasteiger partial charge in [0.2, 0.25) is 5.13 Å². The number of hydrogen-bond donors (Lipinski definition) is 1. The molecular weight excluding hydrogens is 491 g/mol. The molecular formula is C24H23FN4O4S2. The highest BCUT2D eigenvalue weighted by Crippen LogP contribution is 2.29. The maximum atomic E-state index is 15.0. The topological polar surface area (TPSA) is 107 Å². The first-order chi connectivity index (χ1) is 16.8. The molecule has 0 saturated carbocycles. The Morgan fingerprint density at radius 2 is 2.06 bits per heavy atom. The first-order valence-electron chi connectivity index (χ1n) is 11.0. The van der Waals surface area contributed by atoms with E-state index in [1.165, 1.54) is 10.9 Å². The second-order valence-corrected chi connectivity index (χ2v) is 10.3. The SMILES string of the molecule is CCCCCC#Cc1ccccc1C(C)n1c(=O)oc2cc(S(=O)(=O)Nc3ncns3)c(F)cc21. The Labute approximate surface area is 206 Å². The summed E-state index contributed by atoms with van der Waals surface area (Å²) in [6, 6.07) is 8.88. The van der Waals surface area contributed by atoms with Crippen LogP contribution in [0.15, 0.2) is 56.8 Å². The Bertz CT molecular complexity index is 1560. The molecule has 1 N–H and O–H groups in total. The molecule has 11 heteroatoms. The first kappa shape index (κ1) is 24.6. The number of oxazole rings is 1. The summed E-state index contributed by atoms with van der Waals surface area (Å²) in [6.07, 6.45) is 5.20. The molecule has 0 bridgehead atoms. The monoisotopic (exact) mass is 514 g/mol. The second kappa shape index (κ2) is 10.4. The lowest BCUT2D eigenvalue weighted by atomic mass is 10.0. The van der Waals surface area contributed by atoms with Crippen molar-refractivity contribution in [2.45, 2.75) is 50.5 Å². The molecule has 2 heterocycles. The highest BCUT2D eigenvalue weighted by molar-refractivity contribution is 7.93. The van der Waals surface area contributed by atoms with Gasteiger partial charge >= 0.3 is 5.76 Å². The van der Waals surface area contributed by atoms with E-state index in [-0.39, 0.29) is 16.2 Å². The summed E-state index contributed by atoms with van der Waals surface area (Å²) in [5, 5.41) is -0.00967. The Hall–Kier alpha value is -3.49. The van der Waals surface area contributed by atoms with E-state index >= 15 is 4.39 Å². The van der Waals surface area contributed by atoms with Crippen molar-refractivity contribution < 1.29 is 17.2 Å². The zero-order valence-corrected chi connectivity index (χ0v) is 20.7. The van der Waals surface area contributed by atoms with Gasteiger partial charge in [0, 0.05) is 35.6 Å². The summed E-state index contributed by atoms with van der Waals surface area (Å²) in [5.41, 5.74) is 1.62. The van der Waals surface area contributed by atoms with Crippen LogP contribution in [-0.2, 0) is 10.0 Å². The number of hydrogen-bond acceptors (Lipinski definition) is 7. The quantitative estimate of drug-likeness (QED) is 0.264. The molecule has 0 aliphatic carbocycles. The molecule has 0 saturated heterocycles. The summed E-state index contributed by atoms with van der Waals surface area (Å²) in [6.45, 7) is 3.92. The number of unbranched alkanes of at least 4 members (excludes halogenated alkanes) is 3. The lowest BCUT2D eigenvalue weighted by Crippen LogP contribution is -2.20. The zero-order valence-electron chi connectivity index (χ0n) is 19.1. The van der Waals surface area contributed by atoms with Gasteiger partial charge in [-0.25, -0.2) is 22.6 Å². The van der Waals surface area contributed by atoms with E-state index in [4.69, 9.17) is 4.42 Å². The second-order valence-electron chi connectivity index (χ2n) is 7.86. The van der Waals surface area contributed by atoms with Gasteiger partial charge < -0.3 is 4.42 Å². The number of anilines is 1. The van der Waals surface area contributed by atoms with Crippen LogP contribution in [0.2, 0.25) is 0 Å². The first-order valence-corrected chi connectivity index (χ1v) is 13.3. The molecule has 0 radical (unpaired) electrons. The van der Waals surface area contributed by atoms with Gasteiger partial charge in [0.1, 0.15) is 17.0 Å². The average molecular weight is 515 g/mol. The molecule has 0 aliphatic heterocycles. The van der Waals surface area contributed by atoms with E-state index in [1.807, 2.05) is 24.3 Å². The minimum absolute atomic E-state index is 0.00967. The van der Waals surface area contributed by atoms with Crippen molar-refractivity contribution >= 4 is 37.8 Å². The van der Waals surface area contributed by atoms with Crippen molar-refractivity contribution in [3.05, 3.63) is 70.2 Å². The minimum atomic E-state index is -4.31. The maximum Gasteiger partial charge on any atom is 0.420 e. The van der Waals surface area contributed by atoms with E-state index in [9.17, 15) is 13.2 Å². The van der Waals surface area contributed by atoms with E-state index in [0.717, 1.165) is 60.5 Å². The molecule has 1 unspecified atom stereocenters. The molecule has 182 valence electrons. The fraction of sp³-hybridized carbons (Fsp3) is 0.292. The van der Waals surface area contributed by atoms with Gasteiger partial charge in [0.25, 0.3) is 10.0 Å². The van der Waals surface area contributed by atoms with Crippen LogP contribution < -0.4 is 10.5 Å². The normalized spacial score (nSPS) is 12.3. The number of aromatic nitrogens is 3. The number of rotatable bonds is 8. The lowest BCUT2D eigenvalue weighted by molar-refractivity contribution is 0.489. The van der Waals surface area contributed by atoms with E-state index in [1.54, 1.807) is 6.92 Å². The van der Waals surface area contributed by atoms with Crippen molar-refractivity contribution in [1.82, 2.24) is 13.9 Å². The van der Waals surface area contributed by atoms with Crippen molar-refractivity contribution in [2.75, 3.05) is 4.72 Å². The number of fused-ring (bicyclic) bond motifs is 1. The maximum absolute atomic E-state index is 15.0. The molecule has 4 rings (SSSR count).